The fourth-order valence-electron chi connectivity index (χ4n) is 2.75. The Morgan fingerprint density at radius 2 is 2.09 bits per heavy atom. The van der Waals surface area contributed by atoms with Crippen LogP contribution >= 0.6 is 11.3 Å². The van der Waals surface area contributed by atoms with Crippen molar-refractivity contribution < 1.29 is 9.53 Å². The molecule has 0 aliphatic carbocycles. The zero-order valence-corrected chi connectivity index (χ0v) is 13.5. The molecular formula is C14H17N3O4S. The third kappa shape index (κ3) is 2.19. The van der Waals surface area contributed by atoms with E-state index in [9.17, 15) is 14.4 Å². The minimum absolute atomic E-state index is 0.254. The molecule has 22 heavy (non-hydrogen) atoms. The van der Waals surface area contributed by atoms with Crippen LogP contribution in [0.2, 0.25) is 0 Å². The van der Waals surface area contributed by atoms with Crippen LogP contribution in [0, 0.1) is 0 Å². The average Bonchev–Trinajstić information content (AvgIpc) is 2.78. The number of fused-ring (bicyclic) bond motifs is 3. The van der Waals surface area contributed by atoms with Gasteiger partial charge in [0.25, 0.3) is 5.56 Å². The molecule has 1 aliphatic rings. The number of hydrogen-bond acceptors (Lipinski definition) is 5. The smallest absolute Gasteiger partial charge is 0.331 e. The highest BCUT2D eigenvalue weighted by atomic mass is 32.1. The summed E-state index contributed by atoms with van der Waals surface area (Å²) in [6.45, 7) is 4.02. The lowest BCUT2D eigenvalue weighted by atomic mass is 9.98. The number of carbonyl (C=O) groups is 1. The Morgan fingerprint density at radius 3 is 2.73 bits per heavy atom. The predicted octanol–water partition coefficient (Wildman–Crippen LogP) is 0.0983. The zero-order chi connectivity index (χ0) is 16.2. The van der Waals surface area contributed by atoms with Gasteiger partial charge in [-0.05, 0) is 13.8 Å². The fraction of sp³-hybridized carbons (Fsp3) is 0.500. The third-order valence-electron chi connectivity index (χ3n) is 3.86. The number of primary amides is 1. The van der Waals surface area contributed by atoms with Crippen LogP contribution in [0.5, 0.6) is 0 Å². The molecule has 8 heteroatoms. The van der Waals surface area contributed by atoms with Gasteiger partial charge in [-0.3, -0.25) is 18.7 Å². The van der Waals surface area contributed by atoms with E-state index >= 15 is 0 Å². The Balaban J connectivity index is 2.39. The van der Waals surface area contributed by atoms with Crippen molar-refractivity contribution in [3.05, 3.63) is 31.3 Å². The second-order valence-electron chi connectivity index (χ2n) is 6.11. The molecule has 0 saturated carbocycles. The summed E-state index contributed by atoms with van der Waals surface area (Å²) in [5.74, 6) is -0.626. The van der Waals surface area contributed by atoms with Crippen molar-refractivity contribution in [2.45, 2.75) is 39.0 Å². The highest BCUT2D eigenvalue weighted by Crippen LogP contribution is 2.37. The van der Waals surface area contributed by atoms with E-state index in [0.29, 0.717) is 23.2 Å². The monoisotopic (exact) mass is 323 g/mol. The van der Waals surface area contributed by atoms with E-state index < -0.39 is 11.6 Å². The van der Waals surface area contributed by atoms with Gasteiger partial charge in [-0.2, -0.15) is 0 Å². The van der Waals surface area contributed by atoms with Crippen LogP contribution < -0.4 is 17.0 Å². The lowest BCUT2D eigenvalue weighted by Gasteiger charge is -2.30. The molecule has 0 aromatic carbocycles. The third-order valence-corrected chi connectivity index (χ3v) is 5.07. The number of rotatable bonds is 2. The number of aromatic nitrogens is 2. The van der Waals surface area contributed by atoms with E-state index in [0.717, 1.165) is 15.0 Å². The summed E-state index contributed by atoms with van der Waals surface area (Å²) in [5.41, 5.74) is 5.35. The molecule has 1 aliphatic heterocycles. The molecule has 3 heterocycles. The highest BCUT2D eigenvalue weighted by Gasteiger charge is 2.31. The molecule has 2 N–H and O–H groups in total. The number of ether oxygens (including phenoxy) is 1. The molecule has 1 amide bonds. The molecular weight excluding hydrogens is 306 g/mol. The summed E-state index contributed by atoms with van der Waals surface area (Å²) in [7, 11) is 1.40. The predicted molar refractivity (Wildman–Crippen MR) is 83.1 cm³/mol. The molecule has 3 rings (SSSR count). The Labute approximate surface area is 129 Å². The van der Waals surface area contributed by atoms with Gasteiger partial charge in [0.2, 0.25) is 5.91 Å². The maximum absolute atomic E-state index is 12.4. The van der Waals surface area contributed by atoms with Crippen molar-refractivity contribution in [1.29, 1.82) is 0 Å². The largest absolute Gasteiger partial charge is 0.370 e. The van der Waals surface area contributed by atoms with Crippen molar-refractivity contribution in [2.75, 3.05) is 0 Å². The van der Waals surface area contributed by atoms with Gasteiger partial charge in [0.1, 0.15) is 11.2 Å². The molecule has 0 fully saturated rings. The fourth-order valence-corrected chi connectivity index (χ4v) is 4.25. The van der Waals surface area contributed by atoms with Crippen LogP contribution in [-0.2, 0) is 36.2 Å². The summed E-state index contributed by atoms with van der Waals surface area (Å²) in [6, 6.07) is 0. The maximum atomic E-state index is 12.4. The van der Waals surface area contributed by atoms with Gasteiger partial charge in [-0.15, -0.1) is 11.3 Å². The van der Waals surface area contributed by atoms with E-state index in [2.05, 4.69) is 0 Å². The second-order valence-corrected chi connectivity index (χ2v) is 7.21. The van der Waals surface area contributed by atoms with Gasteiger partial charge in [0, 0.05) is 23.9 Å². The van der Waals surface area contributed by atoms with Crippen LogP contribution in [-0.4, -0.2) is 20.6 Å². The van der Waals surface area contributed by atoms with Gasteiger partial charge in [0.05, 0.1) is 17.7 Å². The first-order valence-electron chi connectivity index (χ1n) is 6.87. The summed E-state index contributed by atoms with van der Waals surface area (Å²) in [6.07, 6.45) is 0.662. The van der Waals surface area contributed by atoms with Crippen LogP contribution in [0.3, 0.4) is 0 Å². The summed E-state index contributed by atoms with van der Waals surface area (Å²) >= 11 is 1.37. The maximum Gasteiger partial charge on any atom is 0.331 e. The Hall–Kier alpha value is -1.93. The molecule has 0 bridgehead atoms. The average molecular weight is 323 g/mol. The topological polar surface area (TPSA) is 96.3 Å². The summed E-state index contributed by atoms with van der Waals surface area (Å²) in [4.78, 5) is 37.0. The normalized spacial score (nSPS) is 16.7. The van der Waals surface area contributed by atoms with Gasteiger partial charge < -0.3 is 10.5 Å². The lowest BCUT2D eigenvalue weighted by molar-refractivity contribution is -0.118. The van der Waals surface area contributed by atoms with Crippen LogP contribution in [0.25, 0.3) is 10.2 Å². The van der Waals surface area contributed by atoms with Crippen LogP contribution in [0.4, 0.5) is 0 Å². The Kier molecular flexibility index (Phi) is 3.26. The first-order valence-corrected chi connectivity index (χ1v) is 7.69. The van der Waals surface area contributed by atoms with Crippen molar-refractivity contribution >= 4 is 27.5 Å². The van der Waals surface area contributed by atoms with Crippen molar-refractivity contribution in [2.24, 2.45) is 12.8 Å². The number of nitrogens with two attached hydrogens (primary N) is 1. The molecule has 2 aromatic rings. The zero-order valence-electron chi connectivity index (χ0n) is 12.6. The molecule has 0 spiro atoms. The number of carbonyl (C=O) groups excluding carboxylic acids is 1. The van der Waals surface area contributed by atoms with Gasteiger partial charge in [-0.1, -0.05) is 0 Å². The minimum Gasteiger partial charge on any atom is -0.370 e. The summed E-state index contributed by atoms with van der Waals surface area (Å²) < 4.78 is 8.55. The molecule has 0 saturated heterocycles. The lowest BCUT2D eigenvalue weighted by Crippen LogP contribution is -2.40. The van der Waals surface area contributed by atoms with E-state index in [1.54, 1.807) is 0 Å². The van der Waals surface area contributed by atoms with Crippen molar-refractivity contribution in [1.82, 2.24) is 9.13 Å². The number of thiophene rings is 1. The van der Waals surface area contributed by atoms with E-state index in [1.807, 2.05) is 13.8 Å². The van der Waals surface area contributed by atoms with E-state index in [4.69, 9.17) is 10.5 Å². The van der Waals surface area contributed by atoms with Gasteiger partial charge >= 0.3 is 5.69 Å². The molecule has 7 nitrogen and oxygen atoms in total. The molecule has 0 atom stereocenters. The van der Waals surface area contributed by atoms with Gasteiger partial charge in [0.15, 0.2) is 0 Å². The SMILES string of the molecule is Cn1c(=O)c2sc3c(c2n(CC(N)=O)c1=O)COC(C)(C)C3. The first kappa shape index (κ1) is 15.0. The Bertz CT molecular complexity index is 903. The van der Waals surface area contributed by atoms with Gasteiger partial charge in [-0.25, -0.2) is 4.79 Å². The molecule has 0 unspecified atom stereocenters. The minimum atomic E-state index is -0.626. The van der Waals surface area contributed by atoms with Crippen molar-refractivity contribution in [3.8, 4) is 0 Å². The van der Waals surface area contributed by atoms with E-state index in [-0.39, 0.29) is 17.7 Å². The standard InChI is InChI=1S/C14H17N3O4S/c1-14(2)4-8-7(6-21-14)10-11(22-8)12(19)16(3)13(20)17(10)5-9(15)18/h4-6H2,1-3H3,(H2,15,18). The van der Waals surface area contributed by atoms with Crippen LogP contribution in [0.1, 0.15) is 24.3 Å². The van der Waals surface area contributed by atoms with Crippen molar-refractivity contribution in [3.63, 3.8) is 0 Å². The molecule has 118 valence electrons. The summed E-state index contributed by atoms with van der Waals surface area (Å²) in [5, 5.41) is 0. The van der Waals surface area contributed by atoms with Crippen LogP contribution in [0.15, 0.2) is 9.59 Å². The quantitative estimate of drug-likeness (QED) is 0.847. The number of hydrogen-bond donors (Lipinski definition) is 1. The molecule has 0 radical (unpaired) electrons. The molecule has 2 aromatic heterocycles. The van der Waals surface area contributed by atoms with E-state index in [1.165, 1.54) is 23.0 Å². The Morgan fingerprint density at radius 1 is 1.41 bits per heavy atom. The first-order chi connectivity index (χ1) is 10.2. The number of amides is 1. The highest BCUT2D eigenvalue weighted by molar-refractivity contribution is 7.19. The number of nitrogens with zero attached hydrogens (tertiary/aromatic N) is 2. The second kappa shape index (κ2) is 4.79.